The lowest BCUT2D eigenvalue weighted by atomic mass is 10.3. The van der Waals surface area contributed by atoms with Gasteiger partial charge in [-0.25, -0.2) is 0 Å². The van der Waals surface area contributed by atoms with Crippen molar-refractivity contribution in [1.82, 2.24) is 5.16 Å². The summed E-state index contributed by atoms with van der Waals surface area (Å²) >= 11 is 0. The van der Waals surface area contributed by atoms with Crippen LogP contribution < -0.4 is 9.47 Å². The summed E-state index contributed by atoms with van der Waals surface area (Å²) in [5.41, 5.74) is 0.769. The summed E-state index contributed by atoms with van der Waals surface area (Å²) in [4.78, 5) is 0. The van der Waals surface area contributed by atoms with Gasteiger partial charge in [0.05, 0.1) is 7.11 Å². The molecule has 0 aliphatic rings. The Morgan fingerprint density at radius 2 is 1.87 bits per heavy atom. The molecule has 1 aromatic carbocycles. The van der Waals surface area contributed by atoms with Crippen molar-refractivity contribution in [2.45, 2.75) is 6.61 Å². The number of rotatable bonds is 4. The Balaban J connectivity index is 1.93. The van der Waals surface area contributed by atoms with Gasteiger partial charge in [-0.3, -0.25) is 0 Å². The molecule has 0 amide bonds. The van der Waals surface area contributed by atoms with Crippen LogP contribution in [0.15, 0.2) is 41.1 Å². The van der Waals surface area contributed by atoms with Crippen LogP contribution in [0.2, 0.25) is 0 Å². The van der Waals surface area contributed by atoms with Gasteiger partial charge in [0.2, 0.25) is 0 Å². The van der Waals surface area contributed by atoms with E-state index in [1.165, 1.54) is 6.26 Å². The zero-order valence-corrected chi connectivity index (χ0v) is 8.34. The van der Waals surface area contributed by atoms with Crippen LogP contribution in [0.3, 0.4) is 0 Å². The van der Waals surface area contributed by atoms with Crippen LogP contribution in [-0.2, 0) is 6.61 Å². The SMILES string of the molecule is COc1ccc(OCc2ccon2)cc1. The largest absolute Gasteiger partial charge is 0.497 e. The zero-order chi connectivity index (χ0) is 10.5. The molecule has 78 valence electrons. The fourth-order valence-corrected chi connectivity index (χ4v) is 1.14. The Morgan fingerprint density at radius 3 is 2.47 bits per heavy atom. The highest BCUT2D eigenvalue weighted by molar-refractivity contribution is 5.31. The summed E-state index contributed by atoms with van der Waals surface area (Å²) in [5, 5.41) is 3.74. The minimum Gasteiger partial charge on any atom is -0.497 e. The Kier molecular flexibility index (Phi) is 2.88. The predicted molar refractivity (Wildman–Crippen MR) is 53.8 cm³/mol. The number of benzene rings is 1. The Morgan fingerprint density at radius 1 is 1.13 bits per heavy atom. The molecular weight excluding hydrogens is 194 g/mol. The van der Waals surface area contributed by atoms with Crippen LogP contribution in [0.1, 0.15) is 5.69 Å². The number of hydrogen-bond donors (Lipinski definition) is 0. The van der Waals surface area contributed by atoms with Gasteiger partial charge in [0, 0.05) is 6.07 Å². The van der Waals surface area contributed by atoms with Gasteiger partial charge >= 0.3 is 0 Å². The molecule has 0 saturated heterocycles. The maximum atomic E-state index is 5.47. The lowest BCUT2D eigenvalue weighted by Crippen LogP contribution is -1.95. The molecule has 2 rings (SSSR count). The molecule has 0 atom stereocenters. The van der Waals surface area contributed by atoms with Crippen molar-refractivity contribution in [2.75, 3.05) is 7.11 Å². The summed E-state index contributed by atoms with van der Waals surface area (Å²) in [6.07, 6.45) is 1.52. The summed E-state index contributed by atoms with van der Waals surface area (Å²) in [7, 11) is 1.63. The van der Waals surface area contributed by atoms with E-state index >= 15 is 0 Å². The number of methoxy groups -OCH3 is 1. The number of ether oxygens (including phenoxy) is 2. The first-order valence-corrected chi connectivity index (χ1v) is 4.54. The molecule has 0 aliphatic carbocycles. The standard InChI is InChI=1S/C11H11NO3/c1-13-10-2-4-11(5-3-10)14-8-9-6-7-15-12-9/h2-7H,8H2,1H3. The predicted octanol–water partition coefficient (Wildman–Crippen LogP) is 2.26. The van der Waals surface area contributed by atoms with Crippen molar-refractivity contribution < 1.29 is 14.0 Å². The van der Waals surface area contributed by atoms with E-state index in [0.717, 1.165) is 17.2 Å². The van der Waals surface area contributed by atoms with E-state index in [9.17, 15) is 0 Å². The minimum absolute atomic E-state index is 0.406. The van der Waals surface area contributed by atoms with Crippen LogP contribution in [-0.4, -0.2) is 12.3 Å². The van der Waals surface area contributed by atoms with E-state index in [0.29, 0.717) is 6.61 Å². The van der Waals surface area contributed by atoms with Gasteiger partial charge in [-0.05, 0) is 24.3 Å². The number of aromatic nitrogens is 1. The van der Waals surface area contributed by atoms with E-state index in [1.54, 1.807) is 13.2 Å². The van der Waals surface area contributed by atoms with Crippen LogP contribution >= 0.6 is 0 Å². The lowest BCUT2D eigenvalue weighted by molar-refractivity contribution is 0.288. The topological polar surface area (TPSA) is 44.5 Å². The van der Waals surface area contributed by atoms with Crippen LogP contribution in [0.4, 0.5) is 0 Å². The normalized spacial score (nSPS) is 9.93. The van der Waals surface area contributed by atoms with Crippen LogP contribution in [0, 0.1) is 0 Å². The molecule has 1 aromatic heterocycles. The highest BCUT2D eigenvalue weighted by Gasteiger charge is 1.98. The van der Waals surface area contributed by atoms with E-state index < -0.39 is 0 Å². The van der Waals surface area contributed by atoms with E-state index in [1.807, 2.05) is 24.3 Å². The molecule has 15 heavy (non-hydrogen) atoms. The molecule has 4 nitrogen and oxygen atoms in total. The quantitative estimate of drug-likeness (QED) is 0.768. The third kappa shape index (κ3) is 2.49. The van der Waals surface area contributed by atoms with E-state index in [2.05, 4.69) is 9.68 Å². The fraction of sp³-hybridized carbons (Fsp3) is 0.182. The van der Waals surface area contributed by atoms with Crippen molar-refractivity contribution in [3.05, 3.63) is 42.3 Å². The smallest absolute Gasteiger partial charge is 0.134 e. The van der Waals surface area contributed by atoms with E-state index in [4.69, 9.17) is 9.47 Å². The molecule has 0 radical (unpaired) electrons. The third-order valence-electron chi connectivity index (χ3n) is 1.94. The second-order valence-corrected chi connectivity index (χ2v) is 2.95. The average molecular weight is 205 g/mol. The Labute approximate surface area is 87.4 Å². The van der Waals surface area contributed by atoms with Gasteiger partial charge in [-0.2, -0.15) is 0 Å². The number of nitrogens with zero attached hydrogens (tertiary/aromatic N) is 1. The van der Waals surface area contributed by atoms with Crippen LogP contribution in [0.5, 0.6) is 11.5 Å². The van der Waals surface area contributed by atoms with Crippen molar-refractivity contribution in [2.24, 2.45) is 0 Å². The Bertz CT molecular complexity index is 394. The third-order valence-corrected chi connectivity index (χ3v) is 1.94. The Hall–Kier alpha value is -1.97. The maximum Gasteiger partial charge on any atom is 0.134 e. The maximum absolute atomic E-state index is 5.47. The summed E-state index contributed by atoms with van der Waals surface area (Å²) in [6, 6.07) is 9.15. The van der Waals surface area contributed by atoms with Crippen molar-refractivity contribution in [3.8, 4) is 11.5 Å². The lowest BCUT2D eigenvalue weighted by Gasteiger charge is -2.04. The summed E-state index contributed by atoms with van der Waals surface area (Å²) < 4.78 is 15.2. The molecule has 0 saturated carbocycles. The van der Waals surface area contributed by atoms with Gasteiger partial charge in [-0.15, -0.1) is 0 Å². The first-order chi connectivity index (χ1) is 7.38. The van der Waals surface area contributed by atoms with Gasteiger partial charge in [0.15, 0.2) is 0 Å². The minimum atomic E-state index is 0.406. The fourth-order valence-electron chi connectivity index (χ4n) is 1.14. The van der Waals surface area contributed by atoms with Gasteiger partial charge in [-0.1, -0.05) is 5.16 Å². The second-order valence-electron chi connectivity index (χ2n) is 2.95. The molecule has 0 unspecified atom stereocenters. The molecular formula is C11H11NO3. The summed E-state index contributed by atoms with van der Waals surface area (Å²) in [5.74, 6) is 1.59. The van der Waals surface area contributed by atoms with Crippen LogP contribution in [0.25, 0.3) is 0 Å². The molecule has 4 heteroatoms. The molecule has 0 spiro atoms. The first-order valence-electron chi connectivity index (χ1n) is 4.54. The van der Waals surface area contributed by atoms with E-state index in [-0.39, 0.29) is 0 Å². The highest BCUT2D eigenvalue weighted by atomic mass is 16.5. The molecule has 1 heterocycles. The molecule has 2 aromatic rings. The second kappa shape index (κ2) is 4.50. The molecule has 0 N–H and O–H groups in total. The number of hydrogen-bond acceptors (Lipinski definition) is 4. The average Bonchev–Trinajstić information content (AvgIpc) is 2.80. The van der Waals surface area contributed by atoms with Crippen molar-refractivity contribution in [3.63, 3.8) is 0 Å². The first kappa shape index (κ1) is 9.58. The van der Waals surface area contributed by atoms with Gasteiger partial charge < -0.3 is 14.0 Å². The van der Waals surface area contributed by atoms with Gasteiger partial charge in [0.1, 0.15) is 30.1 Å². The zero-order valence-electron chi connectivity index (χ0n) is 8.34. The van der Waals surface area contributed by atoms with Crippen molar-refractivity contribution >= 4 is 0 Å². The molecule has 0 bridgehead atoms. The monoisotopic (exact) mass is 205 g/mol. The molecule has 0 aliphatic heterocycles. The highest BCUT2D eigenvalue weighted by Crippen LogP contribution is 2.17. The van der Waals surface area contributed by atoms with Crippen molar-refractivity contribution in [1.29, 1.82) is 0 Å². The van der Waals surface area contributed by atoms with Gasteiger partial charge in [0.25, 0.3) is 0 Å². The molecule has 0 fully saturated rings. The summed E-state index contributed by atoms with van der Waals surface area (Å²) in [6.45, 7) is 0.406.